The third-order valence-electron chi connectivity index (χ3n) is 5.04. The number of thiocarbonyl (C=S) groups is 1. The van der Waals surface area contributed by atoms with E-state index >= 15 is 0 Å². The number of anilines is 1. The zero-order valence-corrected chi connectivity index (χ0v) is 18.5. The number of nitrogens with zero attached hydrogens (tertiary/aromatic N) is 2. The topological polar surface area (TPSA) is 64.7 Å². The van der Waals surface area contributed by atoms with E-state index < -0.39 is 10.0 Å². The van der Waals surface area contributed by atoms with Crippen LogP contribution in [0.4, 0.5) is 5.69 Å². The molecule has 0 bridgehead atoms. The Bertz CT molecular complexity index is 925. The number of piperidine rings is 1. The van der Waals surface area contributed by atoms with Gasteiger partial charge in [-0.05, 0) is 48.8 Å². The smallest absolute Gasteiger partial charge is 0.242 e. The monoisotopic (exact) mass is 432 g/mol. The third-order valence-corrected chi connectivity index (χ3v) is 7.07. The predicted molar refractivity (Wildman–Crippen MR) is 121 cm³/mol. The minimum Gasteiger partial charge on any atom is -0.360 e. The van der Waals surface area contributed by atoms with E-state index in [1.165, 1.54) is 24.0 Å². The van der Waals surface area contributed by atoms with E-state index in [4.69, 9.17) is 12.2 Å². The Morgan fingerprint density at radius 1 is 1.10 bits per heavy atom. The number of hydrogen-bond acceptors (Lipinski definition) is 4. The first-order chi connectivity index (χ1) is 13.8. The molecule has 6 nitrogen and oxygen atoms in total. The van der Waals surface area contributed by atoms with Crippen LogP contribution in [-0.2, 0) is 16.6 Å². The van der Waals surface area contributed by atoms with Crippen molar-refractivity contribution in [3.63, 3.8) is 0 Å². The second-order valence-electron chi connectivity index (χ2n) is 7.45. The van der Waals surface area contributed by atoms with Crippen molar-refractivity contribution in [2.45, 2.75) is 30.3 Å². The summed E-state index contributed by atoms with van der Waals surface area (Å²) in [7, 11) is -0.431. The standard InChI is InChI=1S/C21H28N4O2S2/c1-24(2)29(26,27)20-10-6-9-19(15-20)23-21(28)22-18-11-13-25(14-12-18)16-17-7-4-3-5-8-17/h3-10,15,18H,11-14,16H2,1-2H3,(H2,22,23,28). The Morgan fingerprint density at radius 2 is 1.79 bits per heavy atom. The van der Waals surface area contributed by atoms with E-state index in [0.29, 0.717) is 16.8 Å². The van der Waals surface area contributed by atoms with Gasteiger partial charge in [-0.2, -0.15) is 0 Å². The molecule has 1 heterocycles. The lowest BCUT2D eigenvalue weighted by molar-refractivity contribution is 0.199. The molecule has 2 aromatic carbocycles. The molecule has 0 saturated carbocycles. The van der Waals surface area contributed by atoms with Gasteiger partial charge in [0.15, 0.2) is 5.11 Å². The average molecular weight is 433 g/mol. The zero-order chi connectivity index (χ0) is 20.9. The number of benzene rings is 2. The number of hydrogen-bond donors (Lipinski definition) is 2. The Morgan fingerprint density at radius 3 is 2.45 bits per heavy atom. The van der Waals surface area contributed by atoms with Gasteiger partial charge in [-0.1, -0.05) is 36.4 Å². The first kappa shape index (κ1) is 21.7. The van der Waals surface area contributed by atoms with Crippen molar-refractivity contribution in [1.29, 1.82) is 0 Å². The number of sulfonamides is 1. The average Bonchev–Trinajstić information content (AvgIpc) is 2.70. The molecule has 0 aliphatic carbocycles. The first-order valence-electron chi connectivity index (χ1n) is 9.71. The van der Waals surface area contributed by atoms with Gasteiger partial charge in [0.05, 0.1) is 4.90 Å². The molecule has 0 radical (unpaired) electrons. The lowest BCUT2D eigenvalue weighted by Crippen LogP contribution is -2.45. The summed E-state index contributed by atoms with van der Waals surface area (Å²) in [6.07, 6.45) is 2.04. The fourth-order valence-corrected chi connectivity index (χ4v) is 4.61. The lowest BCUT2D eigenvalue weighted by Gasteiger charge is -2.33. The van der Waals surface area contributed by atoms with Gasteiger partial charge in [-0.15, -0.1) is 0 Å². The van der Waals surface area contributed by atoms with E-state index in [9.17, 15) is 8.42 Å². The molecule has 0 amide bonds. The van der Waals surface area contributed by atoms with Crippen LogP contribution >= 0.6 is 12.2 Å². The Hall–Kier alpha value is -2.00. The van der Waals surface area contributed by atoms with Crippen LogP contribution in [0.5, 0.6) is 0 Å². The summed E-state index contributed by atoms with van der Waals surface area (Å²) >= 11 is 5.44. The summed E-state index contributed by atoms with van der Waals surface area (Å²) in [5, 5.41) is 7.00. The van der Waals surface area contributed by atoms with Crippen molar-refractivity contribution in [2.75, 3.05) is 32.5 Å². The molecule has 1 fully saturated rings. The zero-order valence-electron chi connectivity index (χ0n) is 16.8. The van der Waals surface area contributed by atoms with E-state index in [2.05, 4.69) is 39.8 Å². The highest BCUT2D eigenvalue weighted by Crippen LogP contribution is 2.18. The van der Waals surface area contributed by atoms with E-state index in [0.717, 1.165) is 32.5 Å². The second kappa shape index (κ2) is 9.67. The summed E-state index contributed by atoms with van der Waals surface area (Å²) in [5.74, 6) is 0. The molecule has 1 saturated heterocycles. The third kappa shape index (κ3) is 5.99. The summed E-state index contributed by atoms with van der Waals surface area (Å²) in [6.45, 7) is 3.01. The summed E-state index contributed by atoms with van der Waals surface area (Å²) < 4.78 is 25.8. The van der Waals surface area contributed by atoms with Gasteiger partial charge < -0.3 is 10.6 Å². The van der Waals surface area contributed by atoms with Crippen molar-refractivity contribution in [2.24, 2.45) is 0 Å². The Kier molecular flexibility index (Phi) is 7.23. The van der Waals surface area contributed by atoms with Gasteiger partial charge in [-0.25, -0.2) is 12.7 Å². The molecule has 156 valence electrons. The highest BCUT2D eigenvalue weighted by Gasteiger charge is 2.20. The molecule has 1 aliphatic rings. The maximum Gasteiger partial charge on any atom is 0.242 e. The van der Waals surface area contributed by atoms with Gasteiger partial charge in [-0.3, -0.25) is 4.90 Å². The summed E-state index contributed by atoms with van der Waals surface area (Å²) in [4.78, 5) is 2.70. The van der Waals surface area contributed by atoms with E-state index in [1.807, 2.05) is 12.1 Å². The molecular weight excluding hydrogens is 404 g/mol. The Labute approximate surface area is 179 Å². The van der Waals surface area contributed by atoms with Gasteiger partial charge in [0.2, 0.25) is 10.0 Å². The number of rotatable bonds is 6. The van der Waals surface area contributed by atoms with E-state index in [-0.39, 0.29) is 4.90 Å². The molecule has 0 spiro atoms. The van der Waals surface area contributed by atoms with Crippen molar-refractivity contribution >= 4 is 33.0 Å². The molecule has 2 aromatic rings. The number of likely N-dealkylation sites (tertiary alicyclic amines) is 1. The minimum atomic E-state index is -3.47. The maximum absolute atomic E-state index is 12.3. The van der Waals surface area contributed by atoms with Gasteiger partial charge in [0.1, 0.15) is 0 Å². The van der Waals surface area contributed by atoms with E-state index in [1.54, 1.807) is 18.2 Å². The number of nitrogens with one attached hydrogen (secondary N) is 2. The fourth-order valence-electron chi connectivity index (χ4n) is 3.37. The van der Waals surface area contributed by atoms with Crippen LogP contribution in [0.2, 0.25) is 0 Å². The van der Waals surface area contributed by atoms with Crippen molar-refractivity contribution in [1.82, 2.24) is 14.5 Å². The summed E-state index contributed by atoms with van der Waals surface area (Å²) in [6, 6.07) is 17.5. The lowest BCUT2D eigenvalue weighted by atomic mass is 10.0. The molecular formula is C21H28N4O2S2. The molecule has 1 aliphatic heterocycles. The molecule has 0 atom stereocenters. The molecule has 0 aromatic heterocycles. The van der Waals surface area contributed by atoms with Crippen LogP contribution in [0, 0.1) is 0 Å². The van der Waals surface area contributed by atoms with Gasteiger partial charge >= 0.3 is 0 Å². The normalized spacial score (nSPS) is 16.0. The first-order valence-corrected chi connectivity index (χ1v) is 11.6. The van der Waals surface area contributed by atoms with Gasteiger partial charge in [0, 0.05) is 45.5 Å². The van der Waals surface area contributed by atoms with Crippen LogP contribution in [0.15, 0.2) is 59.5 Å². The van der Waals surface area contributed by atoms with Crippen LogP contribution in [0.3, 0.4) is 0 Å². The maximum atomic E-state index is 12.3. The molecule has 8 heteroatoms. The second-order valence-corrected chi connectivity index (χ2v) is 10.0. The highest BCUT2D eigenvalue weighted by molar-refractivity contribution is 7.89. The SMILES string of the molecule is CN(C)S(=O)(=O)c1cccc(NC(=S)NC2CCN(Cc3ccccc3)CC2)c1. The molecule has 2 N–H and O–H groups in total. The summed E-state index contributed by atoms with van der Waals surface area (Å²) in [5.41, 5.74) is 2.00. The van der Waals surface area contributed by atoms with Crippen LogP contribution in [0.25, 0.3) is 0 Å². The minimum absolute atomic E-state index is 0.240. The highest BCUT2D eigenvalue weighted by atomic mass is 32.2. The quantitative estimate of drug-likeness (QED) is 0.685. The largest absolute Gasteiger partial charge is 0.360 e. The van der Waals surface area contributed by atoms with Crippen LogP contribution < -0.4 is 10.6 Å². The predicted octanol–water partition coefficient (Wildman–Crippen LogP) is 2.89. The molecule has 3 rings (SSSR count). The van der Waals surface area contributed by atoms with Crippen LogP contribution in [0.1, 0.15) is 18.4 Å². The van der Waals surface area contributed by atoms with Crippen molar-refractivity contribution in [3.8, 4) is 0 Å². The van der Waals surface area contributed by atoms with Crippen molar-refractivity contribution in [3.05, 3.63) is 60.2 Å². The Balaban J connectivity index is 1.49. The van der Waals surface area contributed by atoms with Crippen molar-refractivity contribution < 1.29 is 8.42 Å². The molecule has 29 heavy (non-hydrogen) atoms. The molecule has 0 unspecified atom stereocenters. The fraction of sp³-hybridized carbons (Fsp3) is 0.381. The van der Waals surface area contributed by atoms with Gasteiger partial charge in [0.25, 0.3) is 0 Å². The van der Waals surface area contributed by atoms with Crippen LogP contribution in [-0.4, -0.2) is 56.0 Å².